The molecule has 0 fully saturated rings. The van der Waals surface area contributed by atoms with E-state index < -0.39 is 68.1 Å². The summed E-state index contributed by atoms with van der Waals surface area (Å²) in [7, 11) is 0. The Bertz CT molecular complexity index is 1130. The third kappa shape index (κ3) is 4.60. The Kier molecular flexibility index (Phi) is 7.23. The summed E-state index contributed by atoms with van der Waals surface area (Å²) in [5.41, 5.74) is -4.59. The van der Waals surface area contributed by atoms with Gasteiger partial charge in [-0.05, 0) is 12.1 Å². The van der Waals surface area contributed by atoms with Gasteiger partial charge in [-0.2, -0.15) is 35.1 Å². The van der Waals surface area contributed by atoms with Crippen molar-refractivity contribution in [3.8, 4) is 0 Å². The van der Waals surface area contributed by atoms with Crippen molar-refractivity contribution in [1.29, 1.82) is 0 Å². The van der Waals surface area contributed by atoms with Crippen LogP contribution in [0.25, 0.3) is 0 Å². The molecule has 2 aromatic carbocycles. The van der Waals surface area contributed by atoms with Gasteiger partial charge in [0, 0.05) is 12.1 Å². The summed E-state index contributed by atoms with van der Waals surface area (Å²) in [5, 5.41) is 23.5. The number of carbonyl (C=O) groups excluding carboxylic acids is 2. The first kappa shape index (κ1) is 27.9. The fourth-order valence-corrected chi connectivity index (χ4v) is 2.56. The van der Waals surface area contributed by atoms with Crippen molar-refractivity contribution in [3.05, 3.63) is 68.8 Å². The highest BCUT2D eigenvalue weighted by molar-refractivity contribution is 6.00. The molecule has 0 atom stereocenters. The summed E-state index contributed by atoms with van der Waals surface area (Å²) in [5.74, 6) is -34.5. The Labute approximate surface area is 193 Å². The summed E-state index contributed by atoms with van der Waals surface area (Å²) in [4.78, 5) is 42.5. The average Bonchev–Trinajstić information content (AvgIpc) is 2.78. The van der Waals surface area contributed by atoms with Crippen LogP contribution in [0.1, 0.15) is 0 Å². The van der Waals surface area contributed by atoms with E-state index in [9.17, 15) is 64.9 Å². The van der Waals surface area contributed by atoms with Gasteiger partial charge in [0.25, 0.3) is 11.4 Å². The van der Waals surface area contributed by atoms with Crippen LogP contribution in [0.5, 0.6) is 0 Å². The predicted molar refractivity (Wildman–Crippen MR) is 103 cm³/mol. The van der Waals surface area contributed by atoms with E-state index in [0.717, 1.165) is 34.9 Å². The number of halogens is 8. The number of hydrogen-bond donors (Lipinski definition) is 2. The monoisotopic (exact) mass is 530 g/mol. The van der Waals surface area contributed by atoms with E-state index in [4.69, 9.17) is 0 Å². The molecule has 2 N–H and O–H groups in total. The van der Waals surface area contributed by atoms with E-state index in [1.807, 2.05) is 0 Å². The molecule has 36 heavy (non-hydrogen) atoms. The Balaban J connectivity index is 2.41. The minimum absolute atomic E-state index is 0.553. The Morgan fingerprint density at radius 1 is 0.611 bits per heavy atom. The lowest BCUT2D eigenvalue weighted by Gasteiger charge is -2.35. The smallest absolute Gasteiger partial charge is 0.315 e. The predicted octanol–water partition coefficient (Wildman–Crippen LogP) is 4.62. The fraction of sp³-hybridized carbons (Fsp3) is 0.222. The molecule has 0 radical (unpaired) electrons. The SMILES string of the molecule is O=C(Nc1ccccc1[N+](=O)[O-])C(F)(F)C(F)(F)C(F)(F)C(F)(F)C(=O)Nc1ccccc1[N+](=O)[O-]. The van der Waals surface area contributed by atoms with Crippen LogP contribution < -0.4 is 10.6 Å². The number of benzene rings is 2. The minimum atomic E-state index is -7.27. The molecule has 0 saturated carbocycles. The molecule has 0 saturated heterocycles. The maximum Gasteiger partial charge on any atom is 0.393 e. The molecule has 0 bridgehead atoms. The minimum Gasteiger partial charge on any atom is -0.315 e. The molecule has 0 spiro atoms. The fourth-order valence-electron chi connectivity index (χ4n) is 2.56. The van der Waals surface area contributed by atoms with E-state index in [1.54, 1.807) is 0 Å². The number of carbonyl (C=O) groups is 2. The Morgan fingerprint density at radius 3 is 1.17 bits per heavy atom. The zero-order chi connectivity index (χ0) is 27.7. The topological polar surface area (TPSA) is 144 Å². The van der Waals surface area contributed by atoms with Gasteiger partial charge in [-0.3, -0.25) is 29.8 Å². The van der Waals surface area contributed by atoms with Crippen LogP contribution in [-0.4, -0.2) is 45.4 Å². The van der Waals surface area contributed by atoms with Crippen molar-refractivity contribution in [2.24, 2.45) is 0 Å². The second kappa shape index (κ2) is 9.34. The molecule has 0 aromatic heterocycles. The molecule has 0 aliphatic heterocycles. The second-order valence-electron chi connectivity index (χ2n) is 6.75. The van der Waals surface area contributed by atoms with Gasteiger partial charge < -0.3 is 10.6 Å². The first-order valence-electron chi connectivity index (χ1n) is 9.00. The van der Waals surface area contributed by atoms with Crippen LogP contribution in [0.4, 0.5) is 57.9 Å². The number of rotatable bonds is 9. The molecule has 2 rings (SSSR count). The van der Waals surface area contributed by atoms with E-state index >= 15 is 0 Å². The maximum atomic E-state index is 14.1. The number of nitrogens with zero attached hydrogens (tertiary/aromatic N) is 2. The Hall–Kier alpha value is -4.38. The van der Waals surface area contributed by atoms with Crippen molar-refractivity contribution in [2.45, 2.75) is 23.7 Å². The van der Waals surface area contributed by atoms with Gasteiger partial charge in [0.15, 0.2) is 0 Å². The number of hydrogen-bond acceptors (Lipinski definition) is 6. The summed E-state index contributed by atoms with van der Waals surface area (Å²) >= 11 is 0. The van der Waals surface area contributed by atoms with Crippen molar-refractivity contribution >= 4 is 34.6 Å². The van der Waals surface area contributed by atoms with Gasteiger partial charge >= 0.3 is 35.5 Å². The number of alkyl halides is 8. The van der Waals surface area contributed by atoms with E-state index in [0.29, 0.717) is 24.3 Å². The lowest BCUT2D eigenvalue weighted by molar-refractivity contribution is -0.384. The Morgan fingerprint density at radius 2 is 0.889 bits per heavy atom. The highest BCUT2D eigenvalue weighted by atomic mass is 19.4. The van der Waals surface area contributed by atoms with Crippen molar-refractivity contribution < 1.29 is 54.6 Å². The first-order valence-corrected chi connectivity index (χ1v) is 9.00. The summed E-state index contributed by atoms with van der Waals surface area (Å²) < 4.78 is 113. The lowest BCUT2D eigenvalue weighted by atomic mass is 9.97. The summed E-state index contributed by atoms with van der Waals surface area (Å²) in [6.45, 7) is 0. The van der Waals surface area contributed by atoms with Crippen LogP contribution >= 0.6 is 0 Å². The number of para-hydroxylation sites is 4. The molecule has 0 unspecified atom stereocenters. The zero-order valence-electron chi connectivity index (χ0n) is 17.0. The molecular weight excluding hydrogens is 520 g/mol. The number of nitro groups is 2. The first-order chi connectivity index (χ1) is 16.4. The summed E-state index contributed by atoms with van der Waals surface area (Å²) in [6, 6.07) is 6.05. The van der Waals surface area contributed by atoms with Crippen LogP contribution in [0.15, 0.2) is 48.5 Å². The molecule has 194 valence electrons. The van der Waals surface area contributed by atoms with Crippen LogP contribution in [-0.2, 0) is 9.59 Å². The molecular formula is C18H10F8N4O6. The maximum absolute atomic E-state index is 14.1. The highest BCUT2D eigenvalue weighted by Gasteiger charge is 2.84. The molecule has 2 aromatic rings. The van der Waals surface area contributed by atoms with Gasteiger partial charge in [0.2, 0.25) is 0 Å². The standard InChI is InChI=1S/C18H10F8N4O6/c19-15(20,13(31)27-9-5-1-3-7-11(9)29(33)34)17(23,24)18(25,26)16(21,22)14(32)28-10-6-2-4-8-12(10)30(35)36/h1-8H,(H,27,31)(H,28,32). The van der Waals surface area contributed by atoms with Gasteiger partial charge in [0.05, 0.1) is 9.85 Å². The molecule has 0 heterocycles. The van der Waals surface area contributed by atoms with Gasteiger partial charge in [-0.1, -0.05) is 24.3 Å². The number of nitro benzene ring substituents is 2. The normalized spacial score (nSPS) is 12.6. The quantitative estimate of drug-likeness (QED) is 0.275. The largest absolute Gasteiger partial charge is 0.393 e. The van der Waals surface area contributed by atoms with E-state index in [-0.39, 0.29) is 0 Å². The second-order valence-corrected chi connectivity index (χ2v) is 6.75. The molecule has 18 heteroatoms. The lowest BCUT2D eigenvalue weighted by Crippen LogP contribution is -2.67. The van der Waals surface area contributed by atoms with Crippen LogP contribution in [0.2, 0.25) is 0 Å². The van der Waals surface area contributed by atoms with Crippen molar-refractivity contribution in [1.82, 2.24) is 0 Å². The molecule has 2 amide bonds. The van der Waals surface area contributed by atoms with Crippen LogP contribution in [0.3, 0.4) is 0 Å². The van der Waals surface area contributed by atoms with Crippen molar-refractivity contribution in [2.75, 3.05) is 10.6 Å². The molecule has 10 nitrogen and oxygen atoms in total. The van der Waals surface area contributed by atoms with E-state index in [2.05, 4.69) is 0 Å². The average molecular weight is 530 g/mol. The van der Waals surface area contributed by atoms with E-state index in [1.165, 1.54) is 0 Å². The van der Waals surface area contributed by atoms with Crippen molar-refractivity contribution in [3.63, 3.8) is 0 Å². The highest BCUT2D eigenvalue weighted by Crippen LogP contribution is 2.53. The number of nitrogens with one attached hydrogen (secondary N) is 2. The van der Waals surface area contributed by atoms with Gasteiger partial charge in [-0.15, -0.1) is 0 Å². The third-order valence-corrected chi connectivity index (χ3v) is 4.45. The number of anilines is 2. The third-order valence-electron chi connectivity index (χ3n) is 4.45. The molecule has 0 aliphatic carbocycles. The summed E-state index contributed by atoms with van der Waals surface area (Å²) in [6.07, 6.45) is 0. The number of amides is 2. The zero-order valence-corrected chi connectivity index (χ0v) is 17.0. The van der Waals surface area contributed by atoms with Gasteiger partial charge in [0.1, 0.15) is 11.4 Å². The van der Waals surface area contributed by atoms with Crippen LogP contribution in [0, 0.1) is 20.2 Å². The van der Waals surface area contributed by atoms with Gasteiger partial charge in [-0.25, -0.2) is 0 Å². The molecule has 0 aliphatic rings.